The van der Waals surface area contributed by atoms with Crippen LogP contribution in [0.3, 0.4) is 0 Å². The second kappa shape index (κ2) is 4.16. The molecule has 2 heterocycles. The summed E-state index contributed by atoms with van der Waals surface area (Å²) >= 11 is 9.04. The van der Waals surface area contributed by atoms with E-state index >= 15 is 0 Å². The summed E-state index contributed by atoms with van der Waals surface area (Å²) in [5.41, 5.74) is 2.43. The quantitative estimate of drug-likeness (QED) is 0.680. The lowest BCUT2D eigenvalue weighted by molar-refractivity contribution is 0.554. The van der Waals surface area contributed by atoms with Crippen LogP contribution in [0, 0.1) is 0 Å². The Morgan fingerprint density at radius 3 is 3.00 bits per heavy atom. The molecule has 0 N–H and O–H groups in total. The standard InChI is InChI=1S/C11H7BrClN3O/c12-7-5-14-16(6-7)8-1-2-9-10(3-8)17-11(4-13)15-9/h1-3,5-6H,4H2. The van der Waals surface area contributed by atoms with Crippen molar-refractivity contribution in [1.82, 2.24) is 14.8 Å². The first-order valence-corrected chi connectivity index (χ1v) is 6.25. The number of alkyl halides is 1. The van der Waals surface area contributed by atoms with Crippen molar-refractivity contribution in [3.8, 4) is 5.69 Å². The third kappa shape index (κ3) is 1.96. The Balaban J connectivity index is 2.12. The fraction of sp³-hybridized carbons (Fsp3) is 0.0909. The largest absolute Gasteiger partial charge is 0.439 e. The fourth-order valence-corrected chi connectivity index (χ4v) is 2.00. The molecule has 86 valence electrons. The van der Waals surface area contributed by atoms with E-state index in [4.69, 9.17) is 16.0 Å². The summed E-state index contributed by atoms with van der Waals surface area (Å²) in [5.74, 6) is 0.803. The highest BCUT2D eigenvalue weighted by Gasteiger charge is 2.07. The van der Waals surface area contributed by atoms with Crippen LogP contribution < -0.4 is 0 Å². The van der Waals surface area contributed by atoms with Crippen molar-refractivity contribution in [2.24, 2.45) is 0 Å². The smallest absolute Gasteiger partial charge is 0.210 e. The van der Waals surface area contributed by atoms with Gasteiger partial charge < -0.3 is 4.42 Å². The van der Waals surface area contributed by atoms with E-state index in [2.05, 4.69) is 26.0 Å². The van der Waals surface area contributed by atoms with Crippen molar-refractivity contribution in [1.29, 1.82) is 0 Å². The van der Waals surface area contributed by atoms with Gasteiger partial charge in [-0.1, -0.05) is 0 Å². The Labute approximate surface area is 110 Å². The summed E-state index contributed by atoms with van der Waals surface area (Å²) in [5, 5.41) is 4.20. The molecule has 3 rings (SSSR count). The van der Waals surface area contributed by atoms with E-state index < -0.39 is 0 Å². The van der Waals surface area contributed by atoms with Crippen LogP contribution in [-0.2, 0) is 5.88 Å². The van der Waals surface area contributed by atoms with Crippen LogP contribution in [0.2, 0.25) is 0 Å². The van der Waals surface area contributed by atoms with Crippen LogP contribution in [0.5, 0.6) is 0 Å². The number of fused-ring (bicyclic) bond motifs is 1. The van der Waals surface area contributed by atoms with Crippen LogP contribution in [-0.4, -0.2) is 14.8 Å². The molecule has 0 bridgehead atoms. The Bertz CT molecular complexity index is 676. The van der Waals surface area contributed by atoms with E-state index in [0.717, 1.165) is 15.7 Å². The van der Waals surface area contributed by atoms with Crippen LogP contribution >= 0.6 is 27.5 Å². The second-order valence-corrected chi connectivity index (χ2v) is 4.68. The Morgan fingerprint density at radius 1 is 1.41 bits per heavy atom. The van der Waals surface area contributed by atoms with E-state index in [9.17, 15) is 0 Å². The monoisotopic (exact) mass is 311 g/mol. The van der Waals surface area contributed by atoms with E-state index in [1.807, 2.05) is 24.4 Å². The second-order valence-electron chi connectivity index (χ2n) is 3.50. The number of nitrogens with zero attached hydrogens (tertiary/aromatic N) is 3. The van der Waals surface area contributed by atoms with Gasteiger partial charge in [-0.2, -0.15) is 5.10 Å². The molecule has 0 unspecified atom stereocenters. The minimum Gasteiger partial charge on any atom is -0.439 e. The minimum absolute atomic E-state index is 0.275. The first-order chi connectivity index (χ1) is 8.26. The van der Waals surface area contributed by atoms with Gasteiger partial charge >= 0.3 is 0 Å². The van der Waals surface area contributed by atoms with Gasteiger partial charge in [0.15, 0.2) is 5.58 Å². The molecular weight excluding hydrogens is 305 g/mol. The van der Waals surface area contributed by atoms with E-state index in [0.29, 0.717) is 11.5 Å². The van der Waals surface area contributed by atoms with Gasteiger partial charge in [0, 0.05) is 12.3 Å². The molecule has 0 radical (unpaired) electrons. The molecule has 0 atom stereocenters. The molecule has 0 amide bonds. The van der Waals surface area contributed by atoms with Gasteiger partial charge in [-0.15, -0.1) is 11.6 Å². The SMILES string of the molecule is ClCc1nc2ccc(-n3cc(Br)cn3)cc2o1. The molecule has 2 aromatic heterocycles. The highest BCUT2D eigenvalue weighted by molar-refractivity contribution is 9.10. The lowest BCUT2D eigenvalue weighted by Gasteiger charge is -1.99. The highest BCUT2D eigenvalue weighted by Crippen LogP contribution is 2.21. The van der Waals surface area contributed by atoms with Crippen LogP contribution in [0.4, 0.5) is 0 Å². The number of aromatic nitrogens is 3. The molecule has 0 spiro atoms. The molecule has 4 nitrogen and oxygen atoms in total. The molecule has 0 aliphatic carbocycles. The Hall–Kier alpha value is -1.33. The maximum absolute atomic E-state index is 5.68. The summed E-state index contributed by atoms with van der Waals surface area (Å²) in [6.45, 7) is 0. The van der Waals surface area contributed by atoms with Gasteiger partial charge in [-0.3, -0.25) is 0 Å². The zero-order chi connectivity index (χ0) is 11.8. The van der Waals surface area contributed by atoms with Gasteiger partial charge in [-0.05, 0) is 28.1 Å². The minimum atomic E-state index is 0.275. The topological polar surface area (TPSA) is 43.9 Å². The summed E-state index contributed by atoms with van der Waals surface area (Å²) in [6.07, 6.45) is 3.61. The van der Waals surface area contributed by atoms with Gasteiger partial charge in [0.1, 0.15) is 5.52 Å². The normalized spacial score (nSPS) is 11.2. The number of benzene rings is 1. The van der Waals surface area contributed by atoms with Gasteiger partial charge in [0.25, 0.3) is 0 Å². The predicted molar refractivity (Wildman–Crippen MR) is 68.4 cm³/mol. The maximum Gasteiger partial charge on any atom is 0.210 e. The highest BCUT2D eigenvalue weighted by atomic mass is 79.9. The number of hydrogen-bond donors (Lipinski definition) is 0. The van der Waals surface area contributed by atoms with Crippen LogP contribution in [0.15, 0.2) is 39.5 Å². The van der Waals surface area contributed by atoms with Crippen molar-refractivity contribution in [2.45, 2.75) is 5.88 Å². The molecule has 0 aliphatic rings. The lowest BCUT2D eigenvalue weighted by Crippen LogP contribution is -1.92. The molecule has 3 aromatic rings. The summed E-state index contributed by atoms with van der Waals surface area (Å²) in [6, 6.07) is 5.71. The predicted octanol–water partition coefficient (Wildman–Crippen LogP) is 3.51. The summed E-state index contributed by atoms with van der Waals surface area (Å²) in [7, 11) is 0. The number of hydrogen-bond acceptors (Lipinski definition) is 3. The summed E-state index contributed by atoms with van der Waals surface area (Å²) < 4.78 is 8.17. The number of rotatable bonds is 2. The average molecular weight is 313 g/mol. The van der Waals surface area contributed by atoms with E-state index in [-0.39, 0.29) is 5.88 Å². The van der Waals surface area contributed by atoms with Gasteiger partial charge in [0.05, 0.1) is 22.2 Å². The van der Waals surface area contributed by atoms with Crippen molar-refractivity contribution >= 4 is 38.6 Å². The molecule has 17 heavy (non-hydrogen) atoms. The molecular formula is C11H7BrClN3O. The third-order valence-corrected chi connectivity index (χ3v) is 2.98. The molecule has 1 aromatic carbocycles. The third-order valence-electron chi connectivity index (χ3n) is 2.35. The van der Waals surface area contributed by atoms with Crippen molar-refractivity contribution in [2.75, 3.05) is 0 Å². The van der Waals surface area contributed by atoms with Crippen LogP contribution in [0.1, 0.15) is 5.89 Å². The first kappa shape index (κ1) is 10.8. The zero-order valence-electron chi connectivity index (χ0n) is 8.60. The van der Waals surface area contributed by atoms with Crippen molar-refractivity contribution < 1.29 is 4.42 Å². The Morgan fingerprint density at radius 2 is 2.29 bits per heavy atom. The van der Waals surface area contributed by atoms with Crippen molar-refractivity contribution in [3.63, 3.8) is 0 Å². The van der Waals surface area contributed by atoms with Gasteiger partial charge in [0.2, 0.25) is 5.89 Å². The number of oxazole rings is 1. The molecule has 0 fully saturated rings. The fourth-order valence-electron chi connectivity index (χ4n) is 1.60. The van der Waals surface area contributed by atoms with Gasteiger partial charge in [-0.25, -0.2) is 9.67 Å². The maximum atomic E-state index is 5.68. The summed E-state index contributed by atoms with van der Waals surface area (Å²) in [4.78, 5) is 4.23. The van der Waals surface area contributed by atoms with Crippen LogP contribution in [0.25, 0.3) is 16.8 Å². The Kier molecular flexibility index (Phi) is 2.64. The number of halogens is 2. The zero-order valence-corrected chi connectivity index (χ0v) is 10.9. The molecule has 0 saturated carbocycles. The van der Waals surface area contributed by atoms with E-state index in [1.54, 1.807) is 10.9 Å². The lowest BCUT2D eigenvalue weighted by atomic mass is 10.3. The molecule has 0 aliphatic heterocycles. The van der Waals surface area contributed by atoms with E-state index in [1.165, 1.54) is 0 Å². The molecule has 0 saturated heterocycles. The first-order valence-electron chi connectivity index (χ1n) is 4.92. The average Bonchev–Trinajstić information content (AvgIpc) is 2.93. The van der Waals surface area contributed by atoms with Crippen molar-refractivity contribution in [3.05, 3.63) is 41.0 Å². The molecule has 6 heteroatoms.